The van der Waals surface area contributed by atoms with Crippen LogP contribution >= 0.6 is 0 Å². The van der Waals surface area contributed by atoms with Crippen molar-refractivity contribution in [1.82, 2.24) is 0 Å². The van der Waals surface area contributed by atoms with Crippen LogP contribution in [-0.2, 0) is 0 Å². The molecule has 0 saturated heterocycles. The van der Waals surface area contributed by atoms with Crippen LogP contribution < -0.4 is 4.74 Å². The summed E-state index contributed by atoms with van der Waals surface area (Å²) in [5, 5.41) is 10.0. The maximum Gasteiger partial charge on any atom is 0.143 e. The van der Waals surface area contributed by atoms with E-state index in [0.717, 1.165) is 87.6 Å². The SMILES string of the molecule is [2H]c1c([2H])c([2H])c(-c2c3ccc(-c4ccc5c6c(cccc46)-c4ccc6ccccc6c4O5)cc3cc3c2ccc2ccccc23)c([2H])c1[2H]. The smallest absolute Gasteiger partial charge is 0.143 e. The topological polar surface area (TPSA) is 9.23 Å². The molecule has 0 spiro atoms. The molecule has 0 aromatic heterocycles. The van der Waals surface area contributed by atoms with Crippen LogP contribution in [0.25, 0.3) is 87.2 Å². The van der Waals surface area contributed by atoms with E-state index in [0.29, 0.717) is 5.56 Å². The summed E-state index contributed by atoms with van der Waals surface area (Å²) in [5.41, 5.74) is 5.12. The zero-order valence-electron chi connectivity index (χ0n) is 29.0. The Morgan fingerprint density at radius 2 is 1.16 bits per heavy atom. The van der Waals surface area contributed by atoms with E-state index < -0.39 is 6.04 Å². The molecule has 1 aliphatic rings. The van der Waals surface area contributed by atoms with Gasteiger partial charge in [-0.3, -0.25) is 0 Å². The van der Waals surface area contributed by atoms with Crippen molar-refractivity contribution in [1.29, 1.82) is 0 Å². The molecule has 1 heterocycles. The van der Waals surface area contributed by atoms with Crippen LogP contribution in [0.4, 0.5) is 0 Å². The number of ether oxygens (including phenoxy) is 1. The maximum absolute atomic E-state index is 8.93. The first kappa shape index (κ1) is 20.1. The van der Waals surface area contributed by atoms with Gasteiger partial charge in [-0.2, -0.15) is 0 Å². The second kappa shape index (κ2) is 9.29. The molecule has 10 rings (SSSR count). The molecule has 1 heteroatoms. The van der Waals surface area contributed by atoms with E-state index in [1.807, 2.05) is 42.5 Å². The van der Waals surface area contributed by atoms with Gasteiger partial charge >= 0.3 is 0 Å². The summed E-state index contributed by atoms with van der Waals surface area (Å²) in [6.07, 6.45) is 0. The molecule has 9 aromatic rings. The molecule has 0 fully saturated rings. The Balaban J connectivity index is 1.26. The predicted molar refractivity (Wildman–Crippen MR) is 190 cm³/mol. The zero-order chi connectivity index (χ0) is 33.8. The molecule has 0 N–H and O–H groups in total. The summed E-state index contributed by atoms with van der Waals surface area (Å²) in [5.74, 6) is 1.70. The van der Waals surface area contributed by atoms with Gasteiger partial charge in [0.05, 0.1) is 6.85 Å². The third-order valence-electron chi connectivity index (χ3n) is 9.31. The highest BCUT2D eigenvalue weighted by atomic mass is 16.5. The van der Waals surface area contributed by atoms with Crippen molar-refractivity contribution in [2.75, 3.05) is 0 Å². The van der Waals surface area contributed by atoms with Crippen molar-refractivity contribution in [3.05, 3.63) is 158 Å². The second-order valence-electron chi connectivity index (χ2n) is 11.7. The van der Waals surface area contributed by atoms with Gasteiger partial charge in [0.25, 0.3) is 0 Å². The third kappa shape index (κ3) is 3.56. The first-order valence-electron chi connectivity index (χ1n) is 17.6. The van der Waals surface area contributed by atoms with E-state index in [9.17, 15) is 0 Å². The van der Waals surface area contributed by atoms with E-state index >= 15 is 0 Å². The lowest BCUT2D eigenvalue weighted by Gasteiger charge is -2.24. The molecule has 0 saturated carbocycles. The minimum atomic E-state index is -0.399. The molecule has 208 valence electrons. The lowest BCUT2D eigenvalue weighted by Crippen LogP contribution is -1.98. The summed E-state index contributed by atoms with van der Waals surface area (Å²) < 4.78 is 49.7. The summed E-state index contributed by atoms with van der Waals surface area (Å²) in [7, 11) is 0. The van der Waals surface area contributed by atoms with Gasteiger partial charge in [-0.05, 0) is 95.2 Å². The van der Waals surface area contributed by atoms with Crippen molar-refractivity contribution in [3.8, 4) is 44.9 Å². The van der Waals surface area contributed by atoms with E-state index in [-0.39, 0.29) is 29.7 Å². The molecule has 0 aliphatic carbocycles. The monoisotopic (exact) mass is 575 g/mol. The largest absolute Gasteiger partial charge is 0.455 e. The minimum Gasteiger partial charge on any atom is -0.455 e. The number of fused-ring (bicyclic) bond motifs is 8. The first-order valence-corrected chi connectivity index (χ1v) is 15.1. The van der Waals surface area contributed by atoms with E-state index in [1.54, 1.807) is 0 Å². The first-order chi connectivity index (χ1) is 24.4. The van der Waals surface area contributed by atoms with Crippen LogP contribution in [0.15, 0.2) is 158 Å². The Labute approximate surface area is 267 Å². The van der Waals surface area contributed by atoms with E-state index in [1.165, 1.54) is 0 Å². The number of rotatable bonds is 2. The Bertz CT molecular complexity index is 2940. The Morgan fingerprint density at radius 1 is 0.422 bits per heavy atom. The zero-order valence-corrected chi connectivity index (χ0v) is 24.0. The fourth-order valence-electron chi connectivity index (χ4n) is 7.30. The lowest BCUT2D eigenvalue weighted by atomic mass is 9.87. The maximum atomic E-state index is 8.93. The quantitative estimate of drug-likeness (QED) is 0.147. The van der Waals surface area contributed by atoms with E-state index in [4.69, 9.17) is 11.6 Å². The van der Waals surface area contributed by atoms with Crippen LogP contribution in [0.2, 0.25) is 0 Å². The second-order valence-corrected chi connectivity index (χ2v) is 11.7. The molecule has 45 heavy (non-hydrogen) atoms. The van der Waals surface area contributed by atoms with Gasteiger partial charge in [-0.1, -0.05) is 133 Å². The molecular weight excluding hydrogens is 544 g/mol. The molecule has 0 unspecified atom stereocenters. The van der Waals surface area contributed by atoms with Crippen molar-refractivity contribution < 1.29 is 11.6 Å². The average Bonchev–Trinajstić information content (AvgIpc) is 3.16. The Kier molecular flexibility index (Phi) is 4.15. The van der Waals surface area contributed by atoms with Crippen molar-refractivity contribution in [3.63, 3.8) is 0 Å². The van der Waals surface area contributed by atoms with Gasteiger partial charge in [0.2, 0.25) is 0 Å². The predicted octanol–water partition coefficient (Wildman–Crippen LogP) is 12.6. The number of hydrogen-bond donors (Lipinski definition) is 0. The highest BCUT2D eigenvalue weighted by Crippen LogP contribution is 2.51. The van der Waals surface area contributed by atoms with E-state index in [2.05, 4.69) is 84.9 Å². The Morgan fingerprint density at radius 3 is 2.04 bits per heavy atom. The van der Waals surface area contributed by atoms with Crippen LogP contribution in [0, 0.1) is 0 Å². The normalized spacial score (nSPS) is 13.7. The Hall–Kier alpha value is -5.92. The van der Waals surface area contributed by atoms with Gasteiger partial charge in [-0.25, -0.2) is 0 Å². The molecule has 0 amide bonds. The highest BCUT2D eigenvalue weighted by molar-refractivity contribution is 6.21. The lowest BCUT2D eigenvalue weighted by molar-refractivity contribution is 0.493. The van der Waals surface area contributed by atoms with Gasteiger partial charge in [0, 0.05) is 16.3 Å². The van der Waals surface area contributed by atoms with Crippen LogP contribution in [0.1, 0.15) is 6.85 Å². The van der Waals surface area contributed by atoms with Crippen LogP contribution in [-0.4, -0.2) is 0 Å². The third-order valence-corrected chi connectivity index (χ3v) is 9.31. The summed E-state index contributed by atoms with van der Waals surface area (Å²) in [6.45, 7) is 0. The molecule has 0 bridgehead atoms. The van der Waals surface area contributed by atoms with Gasteiger partial charge in [0.15, 0.2) is 0 Å². The molecule has 1 nitrogen and oxygen atoms in total. The fraction of sp³-hybridized carbons (Fsp3) is 0. The van der Waals surface area contributed by atoms with Gasteiger partial charge < -0.3 is 4.74 Å². The van der Waals surface area contributed by atoms with Crippen LogP contribution in [0.5, 0.6) is 11.5 Å². The standard InChI is InChI=1S/C44H26O/c1-2-11-29(12-3-1)42-34-20-19-30(25-31(34)26-40-32-13-6-4-9-27(32)17-21-38(40)42)33-23-24-41-43-36(33)15-8-16-37(43)39-22-18-28-10-5-7-14-35(28)44(39)45-41/h1-26H/i1D,2D,3D,11D,12D. The molecule has 0 radical (unpaired) electrons. The number of benzene rings is 9. The fourth-order valence-corrected chi connectivity index (χ4v) is 7.30. The average molecular weight is 576 g/mol. The molecular formula is C44H26O. The summed E-state index contributed by atoms with van der Waals surface area (Å²) >= 11 is 0. The van der Waals surface area contributed by atoms with Crippen molar-refractivity contribution in [2.45, 2.75) is 0 Å². The minimum absolute atomic E-state index is 0.208. The summed E-state index contributed by atoms with van der Waals surface area (Å²) in [4.78, 5) is 0. The molecule has 1 aliphatic heterocycles. The van der Waals surface area contributed by atoms with Crippen LogP contribution in [0.3, 0.4) is 0 Å². The van der Waals surface area contributed by atoms with Gasteiger partial charge in [0.1, 0.15) is 11.5 Å². The highest BCUT2D eigenvalue weighted by Gasteiger charge is 2.23. The van der Waals surface area contributed by atoms with Gasteiger partial charge in [-0.15, -0.1) is 0 Å². The summed E-state index contributed by atoms with van der Waals surface area (Å²) in [6, 6.07) is 42.3. The molecule has 9 aromatic carbocycles. The molecule has 0 atom stereocenters. The number of hydrogen-bond acceptors (Lipinski definition) is 1. The van der Waals surface area contributed by atoms with Crippen molar-refractivity contribution in [2.24, 2.45) is 0 Å². The van der Waals surface area contributed by atoms with Crippen molar-refractivity contribution >= 4 is 53.9 Å².